The monoisotopic (exact) mass is 1460 g/mol. The van der Waals surface area contributed by atoms with Gasteiger partial charge in [-0.2, -0.15) is 0 Å². The van der Waals surface area contributed by atoms with Crippen molar-refractivity contribution < 1.29 is 89.4 Å². The largest absolute Gasteiger partial charge is 0.394 e. The number of carbonyl (C=O) groups excluding carboxylic acids is 1. The van der Waals surface area contributed by atoms with Crippen LogP contribution in [-0.4, -0.2) is 193 Å². The normalized spacial score (nSPS) is 26.7. The summed E-state index contributed by atoms with van der Waals surface area (Å²) in [4.78, 5) is 13.5. The van der Waals surface area contributed by atoms with Gasteiger partial charge in [0.15, 0.2) is 18.9 Å². The summed E-state index contributed by atoms with van der Waals surface area (Å²) in [5, 5.41) is 121. The molecule has 0 aromatic rings. The van der Waals surface area contributed by atoms with Crippen molar-refractivity contribution in [1.29, 1.82) is 0 Å². The average Bonchev–Trinajstić information content (AvgIpc) is 0.783. The molecule has 3 saturated heterocycles. The first-order chi connectivity index (χ1) is 50.8. The molecule has 17 unspecified atom stereocenters. The van der Waals surface area contributed by atoms with Crippen LogP contribution in [0.25, 0.3) is 0 Å². The Kier molecular flexibility index (Phi) is 57.4. The summed E-state index contributed by atoms with van der Waals surface area (Å²) in [7, 11) is 0. The minimum Gasteiger partial charge on any atom is -0.394 e. The average molecular weight is 1470 g/mol. The molecule has 0 bridgehead atoms. The number of nitrogens with one attached hydrogen (secondary N) is 1. The van der Waals surface area contributed by atoms with Crippen molar-refractivity contribution in [3.05, 3.63) is 146 Å². The third-order valence-electron chi connectivity index (χ3n) is 18.9. The zero-order valence-corrected chi connectivity index (χ0v) is 63.4. The van der Waals surface area contributed by atoms with Crippen LogP contribution < -0.4 is 5.32 Å². The number of carbonyl (C=O) groups is 1. The molecule has 3 heterocycles. The molecule has 0 aromatic carbocycles. The molecule has 104 heavy (non-hydrogen) atoms. The zero-order chi connectivity index (χ0) is 75.3. The molecule has 1 amide bonds. The summed E-state index contributed by atoms with van der Waals surface area (Å²) in [6, 6.07) is -1.02. The lowest BCUT2D eigenvalue weighted by molar-refractivity contribution is -0.379. The number of aliphatic hydroxyl groups excluding tert-OH is 11. The topological polar surface area (TPSA) is 307 Å². The van der Waals surface area contributed by atoms with Gasteiger partial charge in [0.05, 0.1) is 38.6 Å². The van der Waals surface area contributed by atoms with E-state index in [-0.39, 0.29) is 18.9 Å². The van der Waals surface area contributed by atoms with Crippen LogP contribution in [0.3, 0.4) is 0 Å². The Morgan fingerprint density at radius 2 is 0.673 bits per heavy atom. The minimum atomic E-state index is -1.99. The molecule has 0 aliphatic carbocycles. The molecule has 0 radical (unpaired) electrons. The molecule has 3 fully saturated rings. The Morgan fingerprint density at radius 3 is 1.08 bits per heavy atom. The van der Waals surface area contributed by atoms with Crippen molar-refractivity contribution in [2.24, 2.45) is 0 Å². The molecule has 3 aliphatic rings. The fraction of sp³-hybridized carbons (Fsp3) is 0.706. The molecular formula is C85H141NO18. The molecule has 3 rings (SSSR count). The minimum absolute atomic E-state index is 0.196. The number of aliphatic hydroxyl groups is 11. The molecule has 594 valence electrons. The van der Waals surface area contributed by atoms with Gasteiger partial charge in [-0.05, 0) is 109 Å². The van der Waals surface area contributed by atoms with Crippen molar-refractivity contribution >= 4 is 5.91 Å². The standard InChI is InChI=1S/C85H141NO18/c1-3-5-7-9-11-13-15-17-19-21-23-25-27-29-30-31-32-33-34-35-36-37-38-39-41-43-45-47-49-51-53-55-57-59-61-63-73(91)86-68(69(90)62-60-58-56-54-52-50-48-46-44-42-40-28-26-24-22-20-18-16-14-12-10-8-6-4-2)67-99-83-79(97)76(94)81(71(65-88)101-83)104-85-80(98)77(95)82(72(66-89)102-85)103-84-78(96)75(93)74(92)70(64-87)100-84/h5,7,11,13,17,19,23,25,29-30,32-33,35-36,38-39,43,45,49,51-52,54,60,62,68-72,74-85,87-90,92-98H,3-4,6,8-10,12,14-16,18,20-22,24,26-28,31,34,37,40-42,44,46-48,50,53,55-59,61,63-67H2,1-2H3,(H,86,91)/b7-5-,13-11-,19-17-,25-23-,30-29-,33-32-,36-35-,39-38-,45-43-,51-49-,54-52+,62-60+. The first-order valence-corrected chi connectivity index (χ1v) is 40.1. The van der Waals surface area contributed by atoms with E-state index in [4.69, 9.17) is 28.4 Å². The Labute approximate surface area is 625 Å². The highest BCUT2D eigenvalue weighted by Gasteiger charge is 2.54. The highest BCUT2D eigenvalue weighted by Crippen LogP contribution is 2.33. The lowest BCUT2D eigenvalue weighted by Gasteiger charge is -2.48. The van der Waals surface area contributed by atoms with Crippen LogP contribution in [0.5, 0.6) is 0 Å². The Morgan fingerprint density at radius 1 is 0.356 bits per heavy atom. The van der Waals surface area contributed by atoms with Crippen LogP contribution in [-0.2, 0) is 33.2 Å². The van der Waals surface area contributed by atoms with Gasteiger partial charge in [-0.25, -0.2) is 0 Å². The van der Waals surface area contributed by atoms with E-state index < -0.39 is 124 Å². The molecule has 17 atom stereocenters. The van der Waals surface area contributed by atoms with E-state index in [9.17, 15) is 61.0 Å². The third kappa shape index (κ3) is 43.0. The predicted octanol–water partition coefficient (Wildman–Crippen LogP) is 13.4. The van der Waals surface area contributed by atoms with Crippen LogP contribution >= 0.6 is 0 Å². The van der Waals surface area contributed by atoms with E-state index in [1.54, 1.807) is 6.08 Å². The van der Waals surface area contributed by atoms with E-state index >= 15 is 0 Å². The quantitative estimate of drug-likeness (QED) is 0.0199. The van der Waals surface area contributed by atoms with E-state index in [1.807, 2.05) is 6.08 Å². The van der Waals surface area contributed by atoms with E-state index in [0.29, 0.717) is 12.8 Å². The summed E-state index contributed by atoms with van der Waals surface area (Å²) in [6.45, 7) is 1.59. The molecule has 19 heteroatoms. The van der Waals surface area contributed by atoms with Gasteiger partial charge in [0.25, 0.3) is 0 Å². The third-order valence-corrected chi connectivity index (χ3v) is 18.9. The van der Waals surface area contributed by atoms with Crippen molar-refractivity contribution in [3.8, 4) is 0 Å². The molecule has 3 aliphatic heterocycles. The van der Waals surface area contributed by atoms with Crippen molar-refractivity contribution in [2.75, 3.05) is 26.4 Å². The van der Waals surface area contributed by atoms with E-state index in [2.05, 4.69) is 153 Å². The summed E-state index contributed by atoms with van der Waals surface area (Å²) in [5.74, 6) is -0.314. The maximum absolute atomic E-state index is 13.5. The lowest BCUT2D eigenvalue weighted by atomic mass is 9.96. The van der Waals surface area contributed by atoms with Crippen LogP contribution in [0.2, 0.25) is 0 Å². The van der Waals surface area contributed by atoms with Crippen LogP contribution in [0.15, 0.2) is 146 Å². The lowest BCUT2D eigenvalue weighted by Crippen LogP contribution is -2.66. The van der Waals surface area contributed by atoms with Crippen LogP contribution in [0, 0.1) is 0 Å². The number of rotatable bonds is 61. The second-order valence-corrected chi connectivity index (χ2v) is 27.8. The molecule has 0 spiro atoms. The summed E-state index contributed by atoms with van der Waals surface area (Å²) in [5.41, 5.74) is 0. The Bertz CT molecular complexity index is 2450. The predicted molar refractivity (Wildman–Crippen MR) is 415 cm³/mol. The summed E-state index contributed by atoms with van der Waals surface area (Å²) < 4.78 is 34.4. The Hall–Kier alpha value is -4.33. The number of ether oxygens (including phenoxy) is 6. The maximum atomic E-state index is 13.5. The molecule has 12 N–H and O–H groups in total. The Balaban J connectivity index is 1.41. The summed E-state index contributed by atoms with van der Waals surface area (Å²) >= 11 is 0. The maximum Gasteiger partial charge on any atom is 0.220 e. The van der Waals surface area contributed by atoms with Gasteiger partial charge >= 0.3 is 0 Å². The van der Waals surface area contributed by atoms with Crippen molar-refractivity contribution in [2.45, 2.75) is 356 Å². The summed E-state index contributed by atoms with van der Waals surface area (Å²) in [6.07, 6.45) is 65.4. The van der Waals surface area contributed by atoms with Gasteiger partial charge < -0.3 is 89.9 Å². The second kappa shape index (κ2) is 63.6. The molecule has 0 saturated carbocycles. The van der Waals surface area contributed by atoms with Gasteiger partial charge in [0.2, 0.25) is 5.91 Å². The number of hydrogen-bond donors (Lipinski definition) is 12. The molecule has 0 aromatic heterocycles. The van der Waals surface area contributed by atoms with Gasteiger partial charge in [0, 0.05) is 6.42 Å². The van der Waals surface area contributed by atoms with Crippen LogP contribution in [0.1, 0.15) is 251 Å². The number of unbranched alkanes of at least 4 members (excludes halogenated alkanes) is 23. The van der Waals surface area contributed by atoms with Crippen molar-refractivity contribution in [3.63, 3.8) is 0 Å². The SMILES string of the molecule is CC/C=C\C/C=C\C/C=C\C/C=C\C/C=C\C/C=C\C/C=C\C/C=C\C/C=C\C/C=C\CCCCCCC(=O)NC(COC1OC(CO)C(OC2OC(CO)C(OC3OC(CO)C(O)C(O)C3O)C(O)C2O)C(O)C1O)C(O)/C=C/CC/C=C/CCCCCCCCCCCCCCCCCCCC. The van der Waals surface area contributed by atoms with Gasteiger partial charge in [-0.3, -0.25) is 4.79 Å². The smallest absolute Gasteiger partial charge is 0.220 e. The highest BCUT2D eigenvalue weighted by molar-refractivity contribution is 5.76. The fourth-order valence-electron chi connectivity index (χ4n) is 12.5. The zero-order valence-electron chi connectivity index (χ0n) is 63.4. The molecular weight excluding hydrogens is 1320 g/mol. The second-order valence-electron chi connectivity index (χ2n) is 27.8. The number of hydrogen-bond acceptors (Lipinski definition) is 18. The van der Waals surface area contributed by atoms with Crippen LogP contribution in [0.4, 0.5) is 0 Å². The highest BCUT2D eigenvalue weighted by atomic mass is 16.8. The number of amides is 1. The van der Waals surface area contributed by atoms with E-state index in [0.717, 1.165) is 109 Å². The van der Waals surface area contributed by atoms with Gasteiger partial charge in [-0.1, -0.05) is 282 Å². The molecule has 19 nitrogen and oxygen atoms in total. The van der Waals surface area contributed by atoms with Gasteiger partial charge in [0.1, 0.15) is 73.2 Å². The number of allylic oxidation sites excluding steroid dienone is 23. The van der Waals surface area contributed by atoms with E-state index in [1.165, 1.54) is 109 Å². The fourth-order valence-corrected chi connectivity index (χ4v) is 12.5. The first-order valence-electron chi connectivity index (χ1n) is 40.1. The van der Waals surface area contributed by atoms with Gasteiger partial charge in [-0.15, -0.1) is 0 Å². The van der Waals surface area contributed by atoms with Crippen molar-refractivity contribution in [1.82, 2.24) is 5.32 Å². The first kappa shape index (κ1) is 93.9.